The normalized spacial score (nSPS) is 11.2. The molecule has 0 saturated carbocycles. The van der Waals surface area contributed by atoms with Crippen LogP contribution < -0.4 is 0 Å². The molecule has 0 radical (unpaired) electrons. The number of rotatable bonds is 7. The lowest BCUT2D eigenvalue weighted by atomic mass is 10.2. The Labute approximate surface area is 111 Å². The number of hydrogen-bond acceptors (Lipinski definition) is 4. The van der Waals surface area contributed by atoms with Crippen molar-refractivity contribution >= 4 is 28.7 Å². The molecule has 0 fully saturated rings. The van der Waals surface area contributed by atoms with Crippen molar-refractivity contribution < 1.29 is 19.0 Å². The molecule has 0 aliphatic rings. The third-order valence-corrected chi connectivity index (χ3v) is 2.23. The van der Waals surface area contributed by atoms with Gasteiger partial charge in [0, 0.05) is 24.1 Å². The molecule has 5 heteroatoms. The van der Waals surface area contributed by atoms with E-state index in [9.17, 15) is 4.79 Å². The number of carbonyl (C=O) groups excluding carboxylic acids is 1. The Hall–Kier alpha value is -0.0400. The van der Waals surface area contributed by atoms with Crippen LogP contribution in [-0.2, 0) is 14.2 Å². The third-order valence-electron chi connectivity index (χ3n) is 1.46. The lowest BCUT2D eigenvalue weighted by Gasteiger charge is -2.18. The molecule has 0 bridgehead atoms. The summed E-state index contributed by atoms with van der Waals surface area (Å²) in [5.74, 6) is 0. The van der Waals surface area contributed by atoms with E-state index in [-0.39, 0.29) is 0 Å². The van der Waals surface area contributed by atoms with Crippen molar-refractivity contribution in [3.63, 3.8) is 0 Å². The van der Waals surface area contributed by atoms with Crippen LogP contribution in [0, 0.1) is 0 Å². The van der Waals surface area contributed by atoms with Crippen molar-refractivity contribution in [2.45, 2.75) is 39.2 Å². The maximum Gasteiger partial charge on any atom is 0.508 e. The highest BCUT2D eigenvalue weighted by Crippen LogP contribution is 2.08. The molecule has 0 aromatic carbocycles. The van der Waals surface area contributed by atoms with E-state index in [1.165, 1.54) is 0 Å². The summed E-state index contributed by atoms with van der Waals surface area (Å²) in [5, 5.41) is 0. The van der Waals surface area contributed by atoms with Crippen molar-refractivity contribution in [3.8, 4) is 0 Å². The summed E-state index contributed by atoms with van der Waals surface area (Å²) in [6, 6.07) is 0. The van der Waals surface area contributed by atoms with Crippen molar-refractivity contribution in [3.05, 3.63) is 0 Å². The van der Waals surface area contributed by atoms with Gasteiger partial charge < -0.3 is 14.2 Å². The van der Waals surface area contributed by atoms with Gasteiger partial charge in [0.2, 0.25) is 0 Å². The van der Waals surface area contributed by atoms with E-state index in [0.29, 0.717) is 19.6 Å². The molecular weight excluding hydrogens is 323 g/mol. The second kappa shape index (κ2) is 9.04. The van der Waals surface area contributed by atoms with Crippen LogP contribution in [0.4, 0.5) is 4.79 Å². The van der Waals surface area contributed by atoms with Gasteiger partial charge in [0.25, 0.3) is 0 Å². The minimum Gasteiger partial charge on any atom is -0.434 e. The molecule has 4 nitrogen and oxygen atoms in total. The molecule has 0 amide bonds. The van der Waals surface area contributed by atoms with Gasteiger partial charge in [-0.1, -0.05) is 22.6 Å². The van der Waals surface area contributed by atoms with Crippen molar-refractivity contribution in [1.29, 1.82) is 0 Å². The lowest BCUT2D eigenvalue weighted by Crippen LogP contribution is -2.24. The zero-order chi connectivity index (χ0) is 12.4. The minimum atomic E-state index is -0.611. The first-order chi connectivity index (χ1) is 7.45. The molecule has 0 aromatic rings. The van der Waals surface area contributed by atoms with Gasteiger partial charge in [-0.05, 0) is 27.2 Å². The first kappa shape index (κ1) is 16.0. The van der Waals surface area contributed by atoms with Gasteiger partial charge in [-0.2, -0.15) is 0 Å². The van der Waals surface area contributed by atoms with E-state index in [1.807, 2.05) is 0 Å². The summed E-state index contributed by atoms with van der Waals surface area (Å²) < 4.78 is 16.3. The average molecular weight is 344 g/mol. The van der Waals surface area contributed by atoms with Gasteiger partial charge in [0.15, 0.2) is 0 Å². The van der Waals surface area contributed by atoms with E-state index < -0.39 is 11.8 Å². The average Bonchev–Trinajstić information content (AvgIpc) is 2.13. The van der Waals surface area contributed by atoms with Crippen LogP contribution in [0.1, 0.15) is 33.6 Å². The first-order valence-corrected chi connectivity index (χ1v) is 6.98. The highest BCUT2D eigenvalue weighted by atomic mass is 127. The number of carbonyl (C=O) groups is 1. The molecule has 0 N–H and O–H groups in total. The predicted octanol–water partition coefficient (Wildman–Crippen LogP) is 3.17. The number of ether oxygens (including phenoxy) is 3. The second-order valence-corrected chi connectivity index (χ2v) is 5.40. The smallest absolute Gasteiger partial charge is 0.434 e. The Kier molecular flexibility index (Phi) is 9.02. The van der Waals surface area contributed by atoms with Crippen LogP contribution in [0.2, 0.25) is 0 Å². The molecule has 0 aliphatic carbocycles. The van der Waals surface area contributed by atoms with E-state index in [2.05, 4.69) is 22.6 Å². The van der Waals surface area contributed by atoms with Crippen molar-refractivity contribution in [1.82, 2.24) is 0 Å². The molecule has 0 aliphatic heterocycles. The highest BCUT2D eigenvalue weighted by molar-refractivity contribution is 14.1. The van der Waals surface area contributed by atoms with E-state index in [4.69, 9.17) is 14.2 Å². The van der Waals surface area contributed by atoms with Gasteiger partial charge in [-0.3, -0.25) is 0 Å². The molecule has 0 atom stereocenters. The van der Waals surface area contributed by atoms with Crippen LogP contribution >= 0.6 is 22.6 Å². The highest BCUT2D eigenvalue weighted by Gasteiger charge is 2.16. The molecule has 0 unspecified atom stereocenters. The molecule has 96 valence electrons. The Morgan fingerprint density at radius 2 is 1.75 bits per heavy atom. The van der Waals surface area contributed by atoms with Gasteiger partial charge in [0.05, 0.1) is 6.61 Å². The SMILES string of the molecule is CC(C)(C)OC(=O)OCCCOCCCI. The molecule has 16 heavy (non-hydrogen) atoms. The Balaban J connectivity index is 3.28. The summed E-state index contributed by atoms with van der Waals surface area (Å²) >= 11 is 2.31. The van der Waals surface area contributed by atoms with Gasteiger partial charge in [-0.25, -0.2) is 4.79 Å². The largest absolute Gasteiger partial charge is 0.508 e. The Morgan fingerprint density at radius 3 is 2.31 bits per heavy atom. The van der Waals surface area contributed by atoms with Crippen LogP contribution in [0.5, 0.6) is 0 Å². The summed E-state index contributed by atoms with van der Waals surface area (Å²) in [4.78, 5) is 11.1. The van der Waals surface area contributed by atoms with E-state index >= 15 is 0 Å². The molecular formula is C11H21IO4. The summed E-state index contributed by atoms with van der Waals surface area (Å²) in [6.45, 7) is 7.16. The summed E-state index contributed by atoms with van der Waals surface area (Å²) in [5.41, 5.74) is -0.492. The zero-order valence-corrected chi connectivity index (χ0v) is 12.4. The fraction of sp³-hybridized carbons (Fsp3) is 0.909. The Morgan fingerprint density at radius 1 is 1.12 bits per heavy atom. The first-order valence-electron chi connectivity index (χ1n) is 5.45. The van der Waals surface area contributed by atoms with E-state index in [0.717, 1.165) is 17.5 Å². The topological polar surface area (TPSA) is 44.8 Å². The quantitative estimate of drug-likeness (QED) is 0.308. The van der Waals surface area contributed by atoms with Crippen molar-refractivity contribution in [2.75, 3.05) is 24.2 Å². The van der Waals surface area contributed by atoms with Crippen LogP contribution in [-0.4, -0.2) is 36.0 Å². The van der Waals surface area contributed by atoms with Gasteiger partial charge in [0.1, 0.15) is 5.60 Å². The predicted molar refractivity (Wildman–Crippen MR) is 71.1 cm³/mol. The number of hydrogen-bond donors (Lipinski definition) is 0. The molecule has 0 rings (SSSR count). The fourth-order valence-corrected chi connectivity index (χ4v) is 1.17. The van der Waals surface area contributed by atoms with Crippen LogP contribution in [0.25, 0.3) is 0 Å². The minimum absolute atomic E-state index is 0.346. The number of alkyl halides is 1. The monoisotopic (exact) mass is 344 g/mol. The van der Waals surface area contributed by atoms with Gasteiger partial charge >= 0.3 is 6.16 Å². The van der Waals surface area contributed by atoms with Crippen LogP contribution in [0.3, 0.4) is 0 Å². The standard InChI is InChI=1S/C11H21IO4/c1-11(2,3)16-10(13)15-9-5-8-14-7-4-6-12/h4-9H2,1-3H3. The fourth-order valence-electron chi connectivity index (χ4n) is 0.855. The maximum absolute atomic E-state index is 11.1. The lowest BCUT2D eigenvalue weighted by molar-refractivity contribution is -0.0104. The van der Waals surface area contributed by atoms with Crippen molar-refractivity contribution in [2.24, 2.45) is 0 Å². The summed E-state index contributed by atoms with van der Waals surface area (Å²) in [7, 11) is 0. The zero-order valence-electron chi connectivity index (χ0n) is 10.3. The summed E-state index contributed by atoms with van der Waals surface area (Å²) in [6.07, 6.45) is 1.16. The Bertz CT molecular complexity index is 189. The van der Waals surface area contributed by atoms with Crippen LogP contribution in [0.15, 0.2) is 0 Å². The molecule has 0 aromatic heterocycles. The molecule has 0 saturated heterocycles. The number of halogens is 1. The molecule has 0 spiro atoms. The second-order valence-electron chi connectivity index (χ2n) is 4.32. The van der Waals surface area contributed by atoms with Gasteiger partial charge in [-0.15, -0.1) is 0 Å². The molecule has 0 heterocycles. The maximum atomic E-state index is 11.1. The third kappa shape index (κ3) is 12.0. The van der Waals surface area contributed by atoms with E-state index in [1.54, 1.807) is 20.8 Å².